The van der Waals surface area contributed by atoms with Gasteiger partial charge in [-0.2, -0.15) is 0 Å². The number of benzene rings is 3. The van der Waals surface area contributed by atoms with Crippen molar-refractivity contribution in [3.05, 3.63) is 95.3 Å². The number of amides is 1. The summed E-state index contributed by atoms with van der Waals surface area (Å²) in [5, 5.41) is 3.69. The molecule has 3 aromatic carbocycles. The normalized spacial score (nSPS) is 10.9. The molecule has 6 heteroatoms. The van der Waals surface area contributed by atoms with Gasteiger partial charge in [-0.1, -0.05) is 48.4 Å². The average Bonchev–Trinajstić information content (AvgIpc) is 3.20. The van der Waals surface area contributed by atoms with Crippen LogP contribution in [0.1, 0.15) is 35.4 Å². The zero-order chi connectivity index (χ0) is 22.9. The zero-order valence-electron chi connectivity index (χ0n) is 18.5. The van der Waals surface area contributed by atoms with E-state index in [9.17, 15) is 4.79 Å². The highest BCUT2D eigenvalue weighted by atomic mass is 35.5. The maximum Gasteiger partial charge on any atom is 0.251 e. The average molecular weight is 462 g/mol. The number of para-hydroxylation sites is 2. The molecule has 0 saturated carbocycles. The summed E-state index contributed by atoms with van der Waals surface area (Å²) in [6.07, 6.45) is 3.88. The van der Waals surface area contributed by atoms with Crippen molar-refractivity contribution in [1.82, 2.24) is 14.9 Å². The number of rotatable bonds is 11. The molecular weight excluding hydrogens is 434 g/mol. The monoisotopic (exact) mass is 461 g/mol. The van der Waals surface area contributed by atoms with E-state index in [1.807, 2.05) is 66.7 Å². The minimum atomic E-state index is -0.0157. The van der Waals surface area contributed by atoms with Gasteiger partial charge >= 0.3 is 0 Å². The molecule has 5 nitrogen and oxygen atoms in total. The Bertz CT molecular complexity index is 1170. The fraction of sp³-hybridized carbons (Fsp3) is 0.259. The first-order valence-corrected chi connectivity index (χ1v) is 11.7. The highest BCUT2D eigenvalue weighted by molar-refractivity contribution is 6.30. The van der Waals surface area contributed by atoms with Crippen molar-refractivity contribution in [3.63, 3.8) is 0 Å². The topological polar surface area (TPSA) is 56.2 Å². The van der Waals surface area contributed by atoms with E-state index in [4.69, 9.17) is 21.3 Å². The summed E-state index contributed by atoms with van der Waals surface area (Å²) < 4.78 is 8.16. The summed E-state index contributed by atoms with van der Waals surface area (Å²) in [4.78, 5) is 17.0. The van der Waals surface area contributed by atoms with Crippen LogP contribution in [-0.2, 0) is 13.0 Å². The molecule has 33 heavy (non-hydrogen) atoms. The van der Waals surface area contributed by atoms with E-state index in [2.05, 4.69) is 22.0 Å². The minimum Gasteiger partial charge on any atom is -0.492 e. The molecule has 0 saturated heterocycles. The van der Waals surface area contributed by atoms with Gasteiger partial charge in [-0.15, -0.1) is 0 Å². The van der Waals surface area contributed by atoms with Gasteiger partial charge < -0.3 is 14.6 Å². The fourth-order valence-corrected chi connectivity index (χ4v) is 3.96. The van der Waals surface area contributed by atoms with Crippen LogP contribution in [0.5, 0.6) is 5.75 Å². The van der Waals surface area contributed by atoms with E-state index in [0.29, 0.717) is 23.7 Å². The number of fused-ring (bicyclic) bond motifs is 1. The number of nitrogens with one attached hydrogen (secondary N) is 1. The van der Waals surface area contributed by atoms with E-state index < -0.39 is 0 Å². The maximum atomic E-state index is 12.1. The van der Waals surface area contributed by atoms with Crippen molar-refractivity contribution in [1.29, 1.82) is 0 Å². The smallest absolute Gasteiger partial charge is 0.251 e. The van der Waals surface area contributed by atoms with Crippen molar-refractivity contribution in [3.8, 4) is 5.75 Å². The molecule has 1 heterocycles. The lowest BCUT2D eigenvalue weighted by molar-refractivity contribution is 0.0953. The Morgan fingerprint density at radius 2 is 1.67 bits per heavy atom. The van der Waals surface area contributed by atoms with Gasteiger partial charge in [0.15, 0.2) is 0 Å². The molecule has 4 aromatic rings. The molecule has 1 aromatic heterocycles. The number of ether oxygens (including phenoxy) is 1. The van der Waals surface area contributed by atoms with E-state index in [1.165, 1.54) is 0 Å². The van der Waals surface area contributed by atoms with Crippen LogP contribution in [0.25, 0.3) is 11.0 Å². The fourth-order valence-electron chi connectivity index (χ4n) is 3.83. The number of aromatic nitrogens is 2. The molecular formula is C27H28ClN3O2. The van der Waals surface area contributed by atoms with Crippen LogP contribution < -0.4 is 10.1 Å². The molecule has 1 N–H and O–H groups in total. The Morgan fingerprint density at radius 3 is 2.48 bits per heavy atom. The SMILES string of the molecule is O=C(NCCCCCc1nc2ccccc2n1CCOc1ccc(Cl)cc1)c1ccccc1. The Kier molecular flexibility index (Phi) is 7.99. The number of carbonyl (C=O) groups is 1. The number of hydrogen-bond acceptors (Lipinski definition) is 3. The third-order valence-corrected chi connectivity index (χ3v) is 5.78. The van der Waals surface area contributed by atoms with Crippen LogP contribution in [0.4, 0.5) is 0 Å². The van der Waals surface area contributed by atoms with Gasteiger partial charge in [-0.05, 0) is 61.4 Å². The van der Waals surface area contributed by atoms with E-state index >= 15 is 0 Å². The van der Waals surface area contributed by atoms with E-state index in [-0.39, 0.29) is 5.91 Å². The number of unbranched alkanes of at least 4 members (excludes halogenated alkanes) is 2. The summed E-state index contributed by atoms with van der Waals surface area (Å²) in [6, 6.07) is 25.0. The summed E-state index contributed by atoms with van der Waals surface area (Å²) in [5.41, 5.74) is 2.84. The first-order valence-electron chi connectivity index (χ1n) is 11.4. The van der Waals surface area contributed by atoms with E-state index in [0.717, 1.165) is 54.8 Å². The van der Waals surface area contributed by atoms with Crippen LogP contribution >= 0.6 is 11.6 Å². The second-order valence-corrected chi connectivity index (χ2v) is 8.34. The van der Waals surface area contributed by atoms with Crippen LogP contribution in [0.2, 0.25) is 5.02 Å². The van der Waals surface area contributed by atoms with Gasteiger partial charge in [-0.3, -0.25) is 4.79 Å². The molecule has 0 bridgehead atoms. The number of halogens is 1. The second-order valence-electron chi connectivity index (χ2n) is 7.90. The third kappa shape index (κ3) is 6.36. The molecule has 0 aliphatic carbocycles. The molecule has 0 fully saturated rings. The van der Waals surface area contributed by atoms with Crippen molar-refractivity contribution in [2.45, 2.75) is 32.2 Å². The van der Waals surface area contributed by atoms with Crippen LogP contribution in [-0.4, -0.2) is 28.6 Å². The molecule has 0 aliphatic rings. The summed E-state index contributed by atoms with van der Waals surface area (Å²) in [6.45, 7) is 1.96. The predicted molar refractivity (Wildman–Crippen MR) is 133 cm³/mol. The molecule has 0 atom stereocenters. The van der Waals surface area contributed by atoms with Crippen LogP contribution in [0.3, 0.4) is 0 Å². The van der Waals surface area contributed by atoms with Crippen LogP contribution in [0, 0.1) is 0 Å². The maximum absolute atomic E-state index is 12.1. The first kappa shape index (κ1) is 22.9. The highest BCUT2D eigenvalue weighted by Gasteiger charge is 2.10. The Labute approximate surface area is 199 Å². The summed E-state index contributed by atoms with van der Waals surface area (Å²) in [7, 11) is 0. The predicted octanol–water partition coefficient (Wildman–Crippen LogP) is 5.91. The van der Waals surface area contributed by atoms with Crippen LogP contribution in [0.15, 0.2) is 78.9 Å². The summed E-state index contributed by atoms with van der Waals surface area (Å²) >= 11 is 5.95. The molecule has 0 aliphatic heterocycles. The van der Waals surface area contributed by atoms with E-state index in [1.54, 1.807) is 0 Å². The molecule has 0 unspecified atom stereocenters. The Morgan fingerprint density at radius 1 is 0.909 bits per heavy atom. The largest absolute Gasteiger partial charge is 0.492 e. The third-order valence-electron chi connectivity index (χ3n) is 5.53. The first-order chi connectivity index (χ1) is 16.2. The zero-order valence-corrected chi connectivity index (χ0v) is 19.3. The number of carbonyl (C=O) groups excluding carboxylic acids is 1. The lowest BCUT2D eigenvalue weighted by atomic mass is 10.1. The molecule has 0 spiro atoms. The van der Waals surface area contributed by atoms with Crippen molar-refractivity contribution in [2.24, 2.45) is 0 Å². The van der Waals surface area contributed by atoms with Gasteiger partial charge in [0.2, 0.25) is 0 Å². The van der Waals surface area contributed by atoms with Gasteiger partial charge in [0.05, 0.1) is 17.6 Å². The molecule has 0 radical (unpaired) electrons. The standard InChI is InChI=1S/C27H28ClN3O2/c28-22-14-16-23(17-15-22)33-20-19-31-25-12-7-6-11-24(25)30-26(31)13-5-2-8-18-29-27(32)21-9-3-1-4-10-21/h1,3-4,6-7,9-12,14-17H,2,5,8,13,18-20H2,(H,29,32). The highest BCUT2D eigenvalue weighted by Crippen LogP contribution is 2.19. The van der Waals surface area contributed by atoms with Gasteiger partial charge in [0.1, 0.15) is 18.2 Å². The van der Waals surface area contributed by atoms with Crippen molar-refractivity contribution >= 4 is 28.5 Å². The minimum absolute atomic E-state index is 0.0157. The van der Waals surface area contributed by atoms with Crippen molar-refractivity contribution in [2.75, 3.05) is 13.2 Å². The van der Waals surface area contributed by atoms with Gasteiger partial charge in [0, 0.05) is 23.6 Å². The number of hydrogen-bond donors (Lipinski definition) is 1. The summed E-state index contributed by atoms with van der Waals surface area (Å²) in [5.74, 6) is 1.87. The lowest BCUT2D eigenvalue weighted by Crippen LogP contribution is -2.24. The second kappa shape index (κ2) is 11.5. The quantitative estimate of drug-likeness (QED) is 0.282. The number of imidazole rings is 1. The lowest BCUT2D eigenvalue weighted by Gasteiger charge is -2.11. The Balaban J connectivity index is 1.27. The molecule has 170 valence electrons. The Hall–Kier alpha value is -3.31. The van der Waals surface area contributed by atoms with Gasteiger partial charge in [-0.25, -0.2) is 4.98 Å². The number of nitrogens with zero attached hydrogens (tertiary/aromatic N) is 2. The van der Waals surface area contributed by atoms with Gasteiger partial charge in [0.25, 0.3) is 5.91 Å². The molecule has 1 amide bonds. The van der Waals surface area contributed by atoms with Crippen molar-refractivity contribution < 1.29 is 9.53 Å². The number of aryl methyl sites for hydroxylation is 1. The molecule has 4 rings (SSSR count).